The summed E-state index contributed by atoms with van der Waals surface area (Å²) in [5.41, 5.74) is 2.98. The summed E-state index contributed by atoms with van der Waals surface area (Å²) in [5, 5.41) is 47.2. The van der Waals surface area contributed by atoms with E-state index in [4.69, 9.17) is 0 Å². The van der Waals surface area contributed by atoms with Crippen molar-refractivity contribution < 1.29 is 5.11 Å². The first kappa shape index (κ1) is 17.2. The second-order valence-corrected chi connectivity index (χ2v) is 5.64. The highest BCUT2D eigenvalue weighted by molar-refractivity contribution is 6.15. The van der Waals surface area contributed by atoms with Gasteiger partial charge in [-0.3, -0.25) is 0 Å². The van der Waals surface area contributed by atoms with Gasteiger partial charge in [-0.1, -0.05) is 36.4 Å². The van der Waals surface area contributed by atoms with E-state index in [1.807, 2.05) is 24.3 Å². The second-order valence-electron chi connectivity index (χ2n) is 5.64. The van der Waals surface area contributed by atoms with Crippen LogP contribution in [-0.2, 0) is 0 Å². The average Bonchev–Trinajstić information content (AvgIpc) is 3.00. The topological polar surface area (TPSA) is 115 Å². The van der Waals surface area contributed by atoms with E-state index in [-0.39, 0.29) is 16.9 Å². The van der Waals surface area contributed by atoms with E-state index in [1.165, 1.54) is 12.1 Å². The summed E-state index contributed by atoms with van der Waals surface area (Å²) in [4.78, 5) is 0. The molecule has 1 N–H and O–H groups in total. The Hall–Kier alpha value is -4.58. The molecule has 5 heteroatoms. The van der Waals surface area contributed by atoms with Crippen molar-refractivity contribution in [2.75, 3.05) is 0 Å². The molecule has 0 unspecified atom stereocenters. The minimum atomic E-state index is -0.0993. The van der Waals surface area contributed by atoms with Gasteiger partial charge >= 0.3 is 0 Å². The maximum atomic E-state index is 9.48. The van der Waals surface area contributed by atoms with E-state index in [0.717, 1.165) is 0 Å². The standard InChI is InChI=1S/C22H10N4O/c23-10-15(11-24)21-18-3-1-2-4-19(18)22(16(12-25)13-26)20(21)9-14-5-7-17(27)8-6-14/h1-9,27H. The zero-order valence-electron chi connectivity index (χ0n) is 13.9. The van der Waals surface area contributed by atoms with Crippen LogP contribution in [0.3, 0.4) is 0 Å². The summed E-state index contributed by atoms with van der Waals surface area (Å²) in [6.45, 7) is 0. The van der Waals surface area contributed by atoms with Gasteiger partial charge < -0.3 is 5.11 Å². The first-order chi connectivity index (χ1) is 13.1. The van der Waals surface area contributed by atoms with Crippen LogP contribution in [0.5, 0.6) is 5.75 Å². The van der Waals surface area contributed by atoms with Gasteiger partial charge in [0.1, 0.15) is 41.2 Å². The van der Waals surface area contributed by atoms with E-state index in [1.54, 1.807) is 42.5 Å². The third-order valence-electron chi connectivity index (χ3n) is 4.16. The molecule has 0 fully saturated rings. The monoisotopic (exact) mass is 346 g/mol. The lowest BCUT2D eigenvalue weighted by atomic mass is 9.94. The molecule has 124 valence electrons. The van der Waals surface area contributed by atoms with Gasteiger partial charge in [-0.15, -0.1) is 0 Å². The van der Waals surface area contributed by atoms with Crippen LogP contribution in [0, 0.1) is 45.3 Å². The van der Waals surface area contributed by atoms with Gasteiger partial charge in [-0.25, -0.2) is 0 Å². The molecule has 0 heterocycles. The molecule has 0 amide bonds. The van der Waals surface area contributed by atoms with Gasteiger partial charge in [0.15, 0.2) is 0 Å². The zero-order chi connectivity index (χ0) is 19.4. The Kier molecular flexibility index (Phi) is 4.55. The van der Waals surface area contributed by atoms with Crippen molar-refractivity contribution in [3.05, 3.63) is 81.9 Å². The summed E-state index contributed by atoms with van der Waals surface area (Å²) >= 11 is 0. The summed E-state index contributed by atoms with van der Waals surface area (Å²) in [5.74, 6) is 0.0999. The van der Waals surface area contributed by atoms with Crippen LogP contribution in [0.15, 0.2) is 65.3 Å². The fraction of sp³-hybridized carbons (Fsp3) is 0. The second kappa shape index (κ2) is 7.12. The summed E-state index contributed by atoms with van der Waals surface area (Å²) in [7, 11) is 0. The van der Waals surface area contributed by atoms with Gasteiger partial charge in [-0.05, 0) is 40.5 Å². The molecule has 0 bridgehead atoms. The number of hydrogen-bond donors (Lipinski definition) is 1. The molecule has 5 nitrogen and oxygen atoms in total. The smallest absolute Gasteiger partial charge is 0.138 e. The minimum Gasteiger partial charge on any atom is -0.508 e. The molecule has 0 radical (unpaired) electrons. The molecule has 0 aromatic heterocycles. The third-order valence-corrected chi connectivity index (χ3v) is 4.16. The number of phenolic OH excluding ortho intramolecular Hbond substituents is 1. The molecular formula is C22H10N4O. The van der Waals surface area contributed by atoms with Gasteiger partial charge in [0.2, 0.25) is 0 Å². The van der Waals surface area contributed by atoms with Crippen LogP contribution >= 0.6 is 0 Å². The number of rotatable bonds is 1. The molecule has 0 saturated heterocycles. The molecular weight excluding hydrogens is 336 g/mol. The van der Waals surface area contributed by atoms with Crippen molar-refractivity contribution in [3.8, 4) is 30.0 Å². The third kappa shape index (κ3) is 2.94. The Labute approximate surface area is 155 Å². The van der Waals surface area contributed by atoms with Crippen molar-refractivity contribution in [1.82, 2.24) is 0 Å². The molecule has 0 atom stereocenters. The van der Waals surface area contributed by atoms with Crippen molar-refractivity contribution in [2.24, 2.45) is 0 Å². The fourth-order valence-corrected chi connectivity index (χ4v) is 3.03. The predicted octanol–water partition coefficient (Wildman–Crippen LogP) is 4.09. The Morgan fingerprint density at radius 1 is 0.704 bits per heavy atom. The quantitative estimate of drug-likeness (QED) is 0.781. The van der Waals surface area contributed by atoms with Crippen molar-refractivity contribution in [2.45, 2.75) is 0 Å². The molecule has 27 heavy (non-hydrogen) atoms. The van der Waals surface area contributed by atoms with Crippen molar-refractivity contribution >= 4 is 17.2 Å². The number of fused-ring (bicyclic) bond motifs is 1. The molecule has 0 aliphatic heterocycles. The molecule has 0 saturated carbocycles. The number of hydrogen-bond acceptors (Lipinski definition) is 5. The molecule has 1 aliphatic rings. The van der Waals surface area contributed by atoms with Crippen molar-refractivity contribution in [1.29, 1.82) is 21.0 Å². The highest BCUT2D eigenvalue weighted by Crippen LogP contribution is 2.48. The Balaban J connectivity index is 2.45. The van der Waals surface area contributed by atoms with Crippen LogP contribution in [0.1, 0.15) is 16.7 Å². The summed E-state index contributed by atoms with van der Waals surface area (Å²) in [6, 6.07) is 21.0. The largest absolute Gasteiger partial charge is 0.508 e. The first-order valence-electron chi connectivity index (χ1n) is 7.84. The molecule has 3 rings (SSSR count). The Morgan fingerprint density at radius 2 is 1.15 bits per heavy atom. The normalized spacial score (nSPS) is 11.5. The van der Waals surface area contributed by atoms with Crippen LogP contribution in [0.4, 0.5) is 0 Å². The Bertz CT molecular complexity index is 1100. The maximum absolute atomic E-state index is 9.48. The van der Waals surface area contributed by atoms with Crippen LogP contribution in [-0.4, -0.2) is 5.11 Å². The van der Waals surface area contributed by atoms with Gasteiger partial charge in [0.25, 0.3) is 0 Å². The van der Waals surface area contributed by atoms with E-state index < -0.39 is 0 Å². The number of nitrogens with zero attached hydrogens (tertiary/aromatic N) is 4. The molecule has 1 aliphatic carbocycles. The zero-order valence-corrected chi connectivity index (χ0v) is 13.9. The lowest BCUT2D eigenvalue weighted by Gasteiger charge is -2.05. The number of aromatic hydroxyl groups is 1. The number of allylic oxidation sites excluding steroid dienone is 5. The van der Waals surface area contributed by atoms with Crippen LogP contribution in [0.2, 0.25) is 0 Å². The van der Waals surface area contributed by atoms with Crippen LogP contribution < -0.4 is 0 Å². The number of phenols is 1. The summed E-state index contributed by atoms with van der Waals surface area (Å²) < 4.78 is 0. The summed E-state index contributed by atoms with van der Waals surface area (Å²) in [6.07, 6.45) is 1.70. The maximum Gasteiger partial charge on any atom is 0.138 e. The first-order valence-corrected chi connectivity index (χ1v) is 7.84. The highest BCUT2D eigenvalue weighted by Gasteiger charge is 2.31. The predicted molar refractivity (Wildman–Crippen MR) is 98.8 cm³/mol. The van der Waals surface area contributed by atoms with Crippen molar-refractivity contribution in [3.63, 3.8) is 0 Å². The highest BCUT2D eigenvalue weighted by atomic mass is 16.3. The Morgan fingerprint density at radius 3 is 1.56 bits per heavy atom. The van der Waals surface area contributed by atoms with E-state index in [0.29, 0.717) is 33.4 Å². The molecule has 0 spiro atoms. The SMILES string of the molecule is N#CC(C#N)=C1C(=Cc2ccc(O)cc2)C(=C(C#N)C#N)c2ccccc21. The molecule has 2 aromatic carbocycles. The van der Waals surface area contributed by atoms with E-state index in [2.05, 4.69) is 0 Å². The van der Waals surface area contributed by atoms with Gasteiger partial charge in [0, 0.05) is 11.1 Å². The lowest BCUT2D eigenvalue weighted by molar-refractivity contribution is 0.475. The minimum absolute atomic E-state index is 0.0993. The number of nitriles is 4. The fourth-order valence-electron chi connectivity index (χ4n) is 3.03. The molecule has 2 aromatic rings. The number of benzene rings is 2. The average molecular weight is 346 g/mol. The van der Waals surface area contributed by atoms with E-state index >= 15 is 0 Å². The van der Waals surface area contributed by atoms with Gasteiger partial charge in [-0.2, -0.15) is 21.0 Å². The lowest BCUT2D eigenvalue weighted by Crippen LogP contribution is -1.90. The van der Waals surface area contributed by atoms with E-state index in [9.17, 15) is 26.2 Å². The van der Waals surface area contributed by atoms with Gasteiger partial charge in [0.05, 0.1) is 0 Å². The van der Waals surface area contributed by atoms with Crippen LogP contribution in [0.25, 0.3) is 17.2 Å².